The van der Waals surface area contributed by atoms with E-state index in [1.165, 1.54) is 0 Å². The normalized spacial score (nSPS) is 20.3. The van der Waals surface area contributed by atoms with E-state index in [-0.39, 0.29) is 30.4 Å². The van der Waals surface area contributed by atoms with Crippen molar-refractivity contribution in [1.29, 1.82) is 0 Å². The monoisotopic (exact) mass is 335 g/mol. The van der Waals surface area contributed by atoms with Gasteiger partial charge < -0.3 is 24.3 Å². The second-order valence-electron chi connectivity index (χ2n) is 5.69. The minimum Gasteiger partial charge on any atom is -0.482 e. The van der Waals surface area contributed by atoms with Gasteiger partial charge >= 0.3 is 0 Å². The Morgan fingerprint density at radius 1 is 1.54 bits per heavy atom. The second-order valence-corrected chi connectivity index (χ2v) is 5.69. The molecule has 3 rings (SSSR count). The number of carbonyl (C=O) groups is 1. The SMILES string of the molecule is CCn1cc(O[C@@H]2COC[C@@H]2NC(=O)c2oc(CO)cc2C)cn1. The third-order valence-corrected chi connectivity index (χ3v) is 3.90. The minimum atomic E-state index is -0.347. The Bertz CT molecular complexity index is 708. The lowest BCUT2D eigenvalue weighted by molar-refractivity contribution is 0.0871. The summed E-state index contributed by atoms with van der Waals surface area (Å²) in [5.41, 5.74) is 0.678. The van der Waals surface area contributed by atoms with Crippen LogP contribution >= 0.6 is 0 Å². The van der Waals surface area contributed by atoms with Gasteiger partial charge in [0.25, 0.3) is 5.91 Å². The van der Waals surface area contributed by atoms with Crippen LogP contribution in [0.1, 0.15) is 28.8 Å². The molecule has 2 aromatic heterocycles. The van der Waals surface area contributed by atoms with E-state index in [9.17, 15) is 4.79 Å². The Morgan fingerprint density at radius 3 is 3.04 bits per heavy atom. The number of hydrogen-bond acceptors (Lipinski definition) is 6. The smallest absolute Gasteiger partial charge is 0.287 e. The number of amides is 1. The van der Waals surface area contributed by atoms with Gasteiger partial charge in [0, 0.05) is 12.1 Å². The van der Waals surface area contributed by atoms with Crippen molar-refractivity contribution >= 4 is 5.91 Å². The number of aliphatic hydroxyl groups excluding tert-OH is 1. The maximum absolute atomic E-state index is 12.4. The molecule has 2 aromatic rings. The largest absolute Gasteiger partial charge is 0.482 e. The Morgan fingerprint density at radius 2 is 2.38 bits per heavy atom. The van der Waals surface area contributed by atoms with Crippen LogP contribution in [0.15, 0.2) is 22.9 Å². The topological polar surface area (TPSA) is 98.8 Å². The van der Waals surface area contributed by atoms with Crippen LogP contribution in [0.25, 0.3) is 0 Å². The molecular weight excluding hydrogens is 314 g/mol. The van der Waals surface area contributed by atoms with Crippen LogP contribution in [0.5, 0.6) is 5.75 Å². The first-order chi connectivity index (χ1) is 11.6. The lowest BCUT2D eigenvalue weighted by Crippen LogP contribution is -2.45. The molecule has 0 spiro atoms. The van der Waals surface area contributed by atoms with Gasteiger partial charge in [0.1, 0.15) is 18.5 Å². The van der Waals surface area contributed by atoms with Crippen LogP contribution in [0.4, 0.5) is 0 Å². The number of hydrogen-bond donors (Lipinski definition) is 2. The zero-order valence-corrected chi connectivity index (χ0v) is 13.7. The summed E-state index contributed by atoms with van der Waals surface area (Å²) in [5, 5.41) is 16.1. The maximum atomic E-state index is 12.4. The summed E-state index contributed by atoms with van der Waals surface area (Å²) in [7, 11) is 0. The highest BCUT2D eigenvalue weighted by Crippen LogP contribution is 2.19. The van der Waals surface area contributed by atoms with Crippen LogP contribution in [-0.2, 0) is 17.9 Å². The quantitative estimate of drug-likeness (QED) is 0.813. The predicted molar refractivity (Wildman–Crippen MR) is 83.8 cm³/mol. The predicted octanol–water partition coefficient (Wildman–Crippen LogP) is 0.873. The first kappa shape index (κ1) is 16.5. The first-order valence-corrected chi connectivity index (χ1v) is 7.88. The molecule has 3 heterocycles. The van der Waals surface area contributed by atoms with E-state index in [1.807, 2.05) is 6.92 Å². The van der Waals surface area contributed by atoms with Gasteiger partial charge in [-0.1, -0.05) is 0 Å². The summed E-state index contributed by atoms with van der Waals surface area (Å²) < 4.78 is 18.4. The van der Waals surface area contributed by atoms with Crippen LogP contribution in [-0.4, -0.2) is 46.2 Å². The molecule has 24 heavy (non-hydrogen) atoms. The second kappa shape index (κ2) is 7.06. The van der Waals surface area contributed by atoms with E-state index in [0.717, 1.165) is 6.54 Å². The first-order valence-electron chi connectivity index (χ1n) is 7.88. The third kappa shape index (κ3) is 3.44. The van der Waals surface area contributed by atoms with Crippen molar-refractivity contribution in [1.82, 2.24) is 15.1 Å². The number of aryl methyl sites for hydroxylation is 2. The molecule has 1 fully saturated rings. The summed E-state index contributed by atoms with van der Waals surface area (Å²) in [4.78, 5) is 12.4. The number of carbonyl (C=O) groups excluding carboxylic acids is 1. The van der Waals surface area contributed by atoms with E-state index >= 15 is 0 Å². The van der Waals surface area contributed by atoms with Crippen molar-refractivity contribution in [2.45, 2.75) is 39.1 Å². The molecule has 130 valence electrons. The number of ether oxygens (including phenoxy) is 2. The standard InChI is InChI=1S/C16H21N3O5/c1-3-19-6-12(5-17-19)23-14-9-22-8-13(14)18-16(21)15-10(2)4-11(7-20)24-15/h4-6,13-14,20H,3,7-9H2,1-2H3,(H,18,21)/t13-,14+/m0/s1. The fraction of sp³-hybridized carbons (Fsp3) is 0.500. The van der Waals surface area contributed by atoms with Gasteiger partial charge in [0.15, 0.2) is 11.5 Å². The lowest BCUT2D eigenvalue weighted by atomic mass is 10.2. The number of nitrogens with zero attached hydrogens (tertiary/aromatic N) is 2. The van der Waals surface area contributed by atoms with Crippen LogP contribution in [0, 0.1) is 6.92 Å². The molecule has 0 bridgehead atoms. The molecule has 1 amide bonds. The molecule has 2 atom stereocenters. The van der Waals surface area contributed by atoms with Crippen molar-refractivity contribution in [2.24, 2.45) is 0 Å². The molecule has 1 saturated heterocycles. The van der Waals surface area contributed by atoms with Crippen molar-refractivity contribution in [2.75, 3.05) is 13.2 Å². The van der Waals surface area contributed by atoms with Gasteiger partial charge in [-0.05, 0) is 19.9 Å². The fourth-order valence-corrected chi connectivity index (χ4v) is 2.62. The van der Waals surface area contributed by atoms with Crippen LogP contribution in [0.2, 0.25) is 0 Å². The van der Waals surface area contributed by atoms with E-state index in [4.69, 9.17) is 19.0 Å². The average Bonchev–Trinajstić information content (AvgIpc) is 3.28. The van der Waals surface area contributed by atoms with Gasteiger partial charge in [0.2, 0.25) is 0 Å². The molecular formula is C16H21N3O5. The van der Waals surface area contributed by atoms with Gasteiger partial charge in [0.05, 0.1) is 31.6 Å². The summed E-state index contributed by atoms with van der Waals surface area (Å²) in [6, 6.07) is 1.36. The van der Waals surface area contributed by atoms with Gasteiger partial charge in [-0.25, -0.2) is 0 Å². The maximum Gasteiger partial charge on any atom is 0.287 e. The molecule has 2 N–H and O–H groups in total. The molecule has 1 aliphatic rings. The van der Waals surface area contributed by atoms with Gasteiger partial charge in [-0.2, -0.15) is 5.10 Å². The molecule has 0 saturated carbocycles. The zero-order chi connectivity index (χ0) is 17.1. The Labute approximate surface area is 139 Å². The summed E-state index contributed by atoms with van der Waals surface area (Å²) in [5.74, 6) is 0.854. The Hall–Kier alpha value is -2.32. The van der Waals surface area contributed by atoms with Crippen molar-refractivity contribution in [3.05, 3.63) is 35.5 Å². The molecule has 0 aliphatic carbocycles. The molecule has 1 aliphatic heterocycles. The van der Waals surface area contributed by atoms with E-state index < -0.39 is 0 Å². The number of furan rings is 1. The molecule has 0 radical (unpaired) electrons. The van der Waals surface area contributed by atoms with E-state index in [1.54, 1.807) is 30.1 Å². The van der Waals surface area contributed by atoms with Crippen molar-refractivity contribution < 1.29 is 23.8 Å². The highest BCUT2D eigenvalue weighted by molar-refractivity contribution is 5.93. The number of aromatic nitrogens is 2. The van der Waals surface area contributed by atoms with E-state index in [2.05, 4.69) is 10.4 Å². The molecule has 0 unspecified atom stereocenters. The number of nitrogens with one attached hydrogen (secondary N) is 1. The summed E-state index contributed by atoms with van der Waals surface area (Å²) in [6.45, 7) is 5.02. The Balaban J connectivity index is 1.64. The van der Waals surface area contributed by atoms with Crippen molar-refractivity contribution in [3.63, 3.8) is 0 Å². The molecule has 8 nitrogen and oxygen atoms in total. The molecule has 0 aromatic carbocycles. The van der Waals surface area contributed by atoms with Crippen LogP contribution in [0.3, 0.4) is 0 Å². The minimum absolute atomic E-state index is 0.198. The number of rotatable bonds is 6. The third-order valence-electron chi connectivity index (χ3n) is 3.90. The van der Waals surface area contributed by atoms with Gasteiger partial charge in [-0.3, -0.25) is 9.48 Å². The fourth-order valence-electron chi connectivity index (χ4n) is 2.62. The summed E-state index contributed by atoms with van der Waals surface area (Å²) >= 11 is 0. The van der Waals surface area contributed by atoms with E-state index in [0.29, 0.717) is 30.3 Å². The van der Waals surface area contributed by atoms with Crippen LogP contribution < -0.4 is 10.1 Å². The molecule has 8 heteroatoms. The van der Waals surface area contributed by atoms with Crippen molar-refractivity contribution in [3.8, 4) is 5.75 Å². The highest BCUT2D eigenvalue weighted by Gasteiger charge is 2.33. The lowest BCUT2D eigenvalue weighted by Gasteiger charge is -2.19. The summed E-state index contributed by atoms with van der Waals surface area (Å²) in [6.07, 6.45) is 3.16. The van der Waals surface area contributed by atoms with Gasteiger partial charge in [-0.15, -0.1) is 0 Å². The Kier molecular flexibility index (Phi) is 4.86. The average molecular weight is 335 g/mol. The zero-order valence-electron chi connectivity index (χ0n) is 13.7. The number of aliphatic hydroxyl groups is 1. The highest BCUT2D eigenvalue weighted by atomic mass is 16.5.